The smallest absolute Gasteiger partial charge is 0.412 e. The van der Waals surface area contributed by atoms with E-state index in [-0.39, 0.29) is 25.6 Å². The van der Waals surface area contributed by atoms with Gasteiger partial charge in [0.25, 0.3) is 0 Å². The Bertz CT molecular complexity index is 1110. The van der Waals surface area contributed by atoms with Crippen LogP contribution in [0.15, 0.2) is 71.2 Å². The van der Waals surface area contributed by atoms with Crippen LogP contribution in [0, 0.1) is 0 Å². The molecule has 0 aromatic heterocycles. The van der Waals surface area contributed by atoms with Gasteiger partial charge in [0.15, 0.2) is 17.6 Å². The number of amides is 1. The summed E-state index contributed by atoms with van der Waals surface area (Å²) in [5.41, 5.74) is 0.781. The van der Waals surface area contributed by atoms with Crippen LogP contribution in [-0.2, 0) is 4.74 Å². The van der Waals surface area contributed by atoms with E-state index in [0.717, 1.165) is 0 Å². The Hall–Kier alpha value is -3.43. The molecule has 9 heteroatoms. The molecular weight excluding hydrogens is 494 g/mol. The first kappa shape index (κ1) is 22.8. The van der Waals surface area contributed by atoms with Gasteiger partial charge in [0.1, 0.15) is 17.6 Å². The van der Waals surface area contributed by atoms with E-state index < -0.39 is 18.3 Å². The van der Waals surface area contributed by atoms with E-state index in [1.807, 2.05) is 18.2 Å². The van der Waals surface area contributed by atoms with Crippen LogP contribution in [0.2, 0.25) is 0 Å². The Morgan fingerprint density at radius 1 is 1.06 bits per heavy atom. The Morgan fingerprint density at radius 3 is 2.64 bits per heavy atom. The van der Waals surface area contributed by atoms with Crippen molar-refractivity contribution in [1.29, 1.82) is 0 Å². The molecule has 0 aliphatic carbocycles. The van der Waals surface area contributed by atoms with Crippen molar-refractivity contribution in [3.63, 3.8) is 0 Å². The number of aliphatic hydroxyl groups excluding tert-OH is 1. The summed E-state index contributed by atoms with van der Waals surface area (Å²) in [4.78, 5) is 12.8. The second-order valence-electron chi connectivity index (χ2n) is 7.20. The number of phenols is 1. The molecule has 0 unspecified atom stereocenters. The molecule has 0 saturated heterocycles. The van der Waals surface area contributed by atoms with Crippen molar-refractivity contribution in [2.75, 3.05) is 18.7 Å². The summed E-state index contributed by atoms with van der Waals surface area (Å²) in [5.74, 6) is 1.57. The van der Waals surface area contributed by atoms with Crippen molar-refractivity contribution >= 4 is 27.7 Å². The first-order valence-corrected chi connectivity index (χ1v) is 11.0. The zero-order valence-corrected chi connectivity index (χ0v) is 19.0. The first-order chi connectivity index (χ1) is 16.0. The number of hydrogen-bond acceptors (Lipinski definition) is 7. The molecule has 2 atom stereocenters. The Balaban J connectivity index is 1.60. The molecule has 4 rings (SSSR count). The molecule has 3 aromatic carbocycles. The van der Waals surface area contributed by atoms with E-state index in [9.17, 15) is 15.0 Å². The third-order valence-corrected chi connectivity index (χ3v) is 5.42. The largest absolute Gasteiger partial charge is 0.508 e. The highest BCUT2D eigenvalue weighted by Gasteiger charge is 2.31. The number of ether oxygens (including phenoxy) is 4. The van der Waals surface area contributed by atoms with Gasteiger partial charge in [0.05, 0.1) is 0 Å². The SMILES string of the molecule is O=C(Nc1ccc2c(c1)OCO2)O[C@@H](c1cc(Br)ccc1O)[C@H](CCO)Oc1ccccc1. The average molecular weight is 516 g/mol. The summed E-state index contributed by atoms with van der Waals surface area (Å²) in [7, 11) is 0. The lowest BCUT2D eigenvalue weighted by atomic mass is 10.0. The number of aliphatic hydroxyl groups is 1. The van der Waals surface area contributed by atoms with Gasteiger partial charge in [-0.1, -0.05) is 34.1 Å². The molecule has 3 N–H and O–H groups in total. The van der Waals surface area contributed by atoms with Gasteiger partial charge in [0, 0.05) is 34.8 Å². The molecule has 0 saturated carbocycles. The molecule has 0 fully saturated rings. The van der Waals surface area contributed by atoms with Crippen LogP contribution in [0.4, 0.5) is 10.5 Å². The number of halogens is 1. The highest BCUT2D eigenvalue weighted by molar-refractivity contribution is 9.10. The molecule has 8 nitrogen and oxygen atoms in total. The number of para-hydroxylation sites is 1. The Kier molecular flexibility index (Phi) is 7.21. The van der Waals surface area contributed by atoms with E-state index in [4.69, 9.17) is 18.9 Å². The van der Waals surface area contributed by atoms with Crippen molar-refractivity contribution in [3.05, 3.63) is 76.8 Å². The monoisotopic (exact) mass is 515 g/mol. The van der Waals surface area contributed by atoms with Gasteiger partial charge in [-0.2, -0.15) is 0 Å². The van der Waals surface area contributed by atoms with Crippen molar-refractivity contribution < 1.29 is 34.0 Å². The maximum atomic E-state index is 12.8. The van der Waals surface area contributed by atoms with Crippen LogP contribution < -0.4 is 19.5 Å². The van der Waals surface area contributed by atoms with Crippen LogP contribution in [0.1, 0.15) is 18.1 Å². The fraction of sp³-hybridized carbons (Fsp3) is 0.208. The number of phenolic OH excluding ortho intramolecular Hbond substituents is 1. The lowest BCUT2D eigenvalue weighted by molar-refractivity contribution is 0.00797. The second kappa shape index (κ2) is 10.5. The number of benzene rings is 3. The van der Waals surface area contributed by atoms with Crippen LogP contribution in [-0.4, -0.2) is 35.8 Å². The van der Waals surface area contributed by atoms with Crippen molar-refractivity contribution in [3.8, 4) is 23.0 Å². The van der Waals surface area contributed by atoms with Crippen LogP contribution in [0.3, 0.4) is 0 Å². The van der Waals surface area contributed by atoms with E-state index in [1.54, 1.807) is 42.5 Å². The minimum Gasteiger partial charge on any atom is -0.508 e. The standard InChI is InChI=1S/C24H22BrNO7/c25-15-6-8-19(28)18(12-15)23(21(10-11-27)32-17-4-2-1-3-5-17)33-24(29)26-16-7-9-20-22(13-16)31-14-30-20/h1-9,12-13,21,23,27-28H,10-11,14H2,(H,26,29)/t21-,23-/m0/s1. The van der Waals surface area contributed by atoms with Gasteiger partial charge < -0.3 is 29.2 Å². The first-order valence-electron chi connectivity index (χ1n) is 10.2. The highest BCUT2D eigenvalue weighted by atomic mass is 79.9. The maximum Gasteiger partial charge on any atom is 0.412 e. The maximum absolute atomic E-state index is 12.8. The zero-order valence-electron chi connectivity index (χ0n) is 17.4. The number of fused-ring (bicyclic) bond motifs is 1. The third-order valence-electron chi connectivity index (χ3n) is 4.93. The summed E-state index contributed by atoms with van der Waals surface area (Å²) in [6, 6.07) is 18.8. The van der Waals surface area contributed by atoms with Crippen LogP contribution >= 0.6 is 15.9 Å². The van der Waals surface area contributed by atoms with E-state index in [1.165, 1.54) is 6.07 Å². The van der Waals surface area contributed by atoms with Gasteiger partial charge >= 0.3 is 6.09 Å². The van der Waals surface area contributed by atoms with Gasteiger partial charge in [-0.25, -0.2) is 4.79 Å². The van der Waals surface area contributed by atoms with E-state index in [2.05, 4.69) is 21.2 Å². The fourth-order valence-corrected chi connectivity index (χ4v) is 3.78. The van der Waals surface area contributed by atoms with Gasteiger partial charge in [0.2, 0.25) is 6.79 Å². The van der Waals surface area contributed by atoms with Crippen LogP contribution in [0.25, 0.3) is 0 Å². The molecule has 1 amide bonds. The predicted molar refractivity (Wildman–Crippen MR) is 124 cm³/mol. The minimum atomic E-state index is -1.02. The minimum absolute atomic E-state index is 0.0707. The number of carbonyl (C=O) groups is 1. The highest BCUT2D eigenvalue weighted by Crippen LogP contribution is 2.36. The van der Waals surface area contributed by atoms with Gasteiger partial charge in [-0.05, 0) is 42.5 Å². The quantitative estimate of drug-likeness (QED) is 0.387. The second-order valence-corrected chi connectivity index (χ2v) is 8.12. The number of nitrogens with one attached hydrogen (secondary N) is 1. The van der Waals surface area contributed by atoms with Crippen LogP contribution in [0.5, 0.6) is 23.0 Å². The summed E-state index contributed by atoms with van der Waals surface area (Å²) in [5, 5.41) is 22.8. The lowest BCUT2D eigenvalue weighted by Crippen LogP contribution is -2.32. The Morgan fingerprint density at radius 2 is 1.85 bits per heavy atom. The molecule has 3 aromatic rings. The summed E-state index contributed by atoms with van der Waals surface area (Å²) in [6.07, 6.45) is -2.41. The number of anilines is 1. The van der Waals surface area contributed by atoms with E-state index >= 15 is 0 Å². The van der Waals surface area contributed by atoms with Crippen molar-refractivity contribution in [1.82, 2.24) is 0 Å². The molecule has 33 heavy (non-hydrogen) atoms. The number of aromatic hydroxyl groups is 1. The average Bonchev–Trinajstić information content (AvgIpc) is 3.28. The predicted octanol–water partition coefficient (Wildman–Crippen LogP) is 5.00. The molecule has 172 valence electrons. The van der Waals surface area contributed by atoms with Gasteiger partial charge in [-0.3, -0.25) is 5.32 Å². The number of hydrogen-bond donors (Lipinski definition) is 3. The molecule has 0 radical (unpaired) electrons. The third kappa shape index (κ3) is 5.68. The normalized spacial score (nSPS) is 13.8. The zero-order chi connectivity index (χ0) is 23.2. The molecule has 0 spiro atoms. The number of carbonyl (C=O) groups excluding carboxylic acids is 1. The molecule has 1 aliphatic rings. The summed E-state index contributed by atoms with van der Waals surface area (Å²) < 4.78 is 23.1. The van der Waals surface area contributed by atoms with Crippen molar-refractivity contribution in [2.45, 2.75) is 18.6 Å². The summed E-state index contributed by atoms with van der Waals surface area (Å²) in [6.45, 7) is -0.0942. The lowest BCUT2D eigenvalue weighted by Gasteiger charge is -2.28. The molecule has 1 aliphatic heterocycles. The Labute approximate surface area is 198 Å². The van der Waals surface area contributed by atoms with E-state index in [0.29, 0.717) is 33.0 Å². The topological polar surface area (TPSA) is 106 Å². The fourth-order valence-electron chi connectivity index (χ4n) is 3.40. The molecular formula is C24H22BrNO7. The number of rotatable bonds is 8. The molecule has 0 bridgehead atoms. The van der Waals surface area contributed by atoms with Crippen molar-refractivity contribution in [2.24, 2.45) is 0 Å². The molecule has 1 heterocycles. The van der Waals surface area contributed by atoms with Gasteiger partial charge in [-0.15, -0.1) is 0 Å². The summed E-state index contributed by atoms with van der Waals surface area (Å²) >= 11 is 3.38.